The highest BCUT2D eigenvalue weighted by Crippen LogP contribution is 2.22. The van der Waals surface area contributed by atoms with E-state index in [0.717, 1.165) is 5.56 Å². The minimum Gasteiger partial charge on any atom is -0.463 e. The number of carbonyl (C=O) groups is 2. The van der Waals surface area contributed by atoms with Crippen LogP contribution in [0, 0.1) is 0 Å². The lowest BCUT2D eigenvalue weighted by Gasteiger charge is -2.19. The molecule has 0 aromatic carbocycles. The Morgan fingerprint density at radius 2 is 2.10 bits per heavy atom. The van der Waals surface area contributed by atoms with Crippen LogP contribution >= 0.6 is 11.3 Å². The zero-order valence-electron chi connectivity index (χ0n) is 12.1. The highest BCUT2D eigenvalue weighted by molar-refractivity contribution is 7.14. The third-order valence-electron chi connectivity index (χ3n) is 1.94. The van der Waals surface area contributed by atoms with Crippen LogP contribution < -0.4 is 5.32 Å². The first-order chi connectivity index (χ1) is 9.30. The van der Waals surface area contributed by atoms with Gasteiger partial charge in [0.15, 0.2) is 0 Å². The lowest BCUT2D eigenvalue weighted by atomic mass is 10.2. The number of hydrogen-bond acceptors (Lipinski definition) is 5. The van der Waals surface area contributed by atoms with Crippen LogP contribution in [0.3, 0.4) is 0 Å². The summed E-state index contributed by atoms with van der Waals surface area (Å²) in [4.78, 5) is 22.7. The third-order valence-corrected chi connectivity index (χ3v) is 2.81. The molecule has 1 N–H and O–H groups in total. The van der Waals surface area contributed by atoms with Crippen LogP contribution in [0.15, 0.2) is 17.5 Å². The van der Waals surface area contributed by atoms with Crippen molar-refractivity contribution in [3.05, 3.63) is 23.1 Å². The second kappa shape index (κ2) is 7.09. The van der Waals surface area contributed by atoms with Crippen molar-refractivity contribution in [2.24, 2.45) is 0 Å². The van der Waals surface area contributed by atoms with E-state index in [0.29, 0.717) is 11.6 Å². The predicted octanol–water partition coefficient (Wildman–Crippen LogP) is 3.67. The normalized spacial score (nSPS) is 11.4. The van der Waals surface area contributed by atoms with Gasteiger partial charge in [-0.3, -0.25) is 5.32 Å². The molecule has 0 aliphatic heterocycles. The standard InChI is InChI=1S/C14H19NO4S/c1-5-18-12(16)7-6-10-8-11(20-9-10)15-13(17)19-14(2,3)4/h6-9H,5H2,1-4H3,(H,15,17). The summed E-state index contributed by atoms with van der Waals surface area (Å²) in [5, 5.41) is 5.12. The summed E-state index contributed by atoms with van der Waals surface area (Å²) < 4.78 is 9.92. The molecule has 0 spiro atoms. The number of thiophene rings is 1. The molecule has 20 heavy (non-hydrogen) atoms. The van der Waals surface area contributed by atoms with Gasteiger partial charge in [-0.15, -0.1) is 11.3 Å². The Hall–Kier alpha value is -1.82. The second-order valence-corrected chi connectivity index (χ2v) is 5.87. The van der Waals surface area contributed by atoms with Crippen molar-refractivity contribution in [1.29, 1.82) is 0 Å². The minimum atomic E-state index is -0.534. The second-order valence-electron chi connectivity index (χ2n) is 4.96. The maximum atomic E-state index is 11.6. The summed E-state index contributed by atoms with van der Waals surface area (Å²) in [5.74, 6) is -0.389. The molecule has 0 atom stereocenters. The molecule has 0 saturated carbocycles. The van der Waals surface area contributed by atoms with Gasteiger partial charge in [0, 0.05) is 11.5 Å². The van der Waals surface area contributed by atoms with E-state index in [-0.39, 0.29) is 5.97 Å². The van der Waals surface area contributed by atoms with E-state index < -0.39 is 11.7 Å². The van der Waals surface area contributed by atoms with Gasteiger partial charge in [0.25, 0.3) is 0 Å². The Bertz CT molecular complexity index is 500. The van der Waals surface area contributed by atoms with E-state index >= 15 is 0 Å². The van der Waals surface area contributed by atoms with Crippen molar-refractivity contribution in [2.75, 3.05) is 11.9 Å². The molecule has 0 unspecified atom stereocenters. The monoisotopic (exact) mass is 297 g/mol. The van der Waals surface area contributed by atoms with Crippen LogP contribution in [0.1, 0.15) is 33.3 Å². The highest BCUT2D eigenvalue weighted by Gasteiger charge is 2.16. The van der Waals surface area contributed by atoms with Crippen LogP contribution in [0.5, 0.6) is 0 Å². The van der Waals surface area contributed by atoms with Crippen molar-refractivity contribution in [1.82, 2.24) is 0 Å². The molecule has 1 heterocycles. The number of hydrogen-bond donors (Lipinski definition) is 1. The largest absolute Gasteiger partial charge is 0.463 e. The van der Waals surface area contributed by atoms with Crippen LogP contribution in [0.4, 0.5) is 9.80 Å². The van der Waals surface area contributed by atoms with Gasteiger partial charge in [-0.05, 0) is 45.4 Å². The van der Waals surface area contributed by atoms with E-state index in [4.69, 9.17) is 9.47 Å². The summed E-state index contributed by atoms with van der Waals surface area (Å²) in [6, 6.07) is 1.75. The van der Waals surface area contributed by atoms with Crippen LogP contribution in [0.2, 0.25) is 0 Å². The smallest absolute Gasteiger partial charge is 0.412 e. The molecule has 0 aliphatic rings. The van der Waals surface area contributed by atoms with Gasteiger partial charge in [-0.1, -0.05) is 0 Å². The fourth-order valence-corrected chi connectivity index (χ4v) is 2.02. The van der Waals surface area contributed by atoms with E-state index in [2.05, 4.69) is 5.32 Å². The number of carbonyl (C=O) groups excluding carboxylic acids is 2. The summed E-state index contributed by atoms with van der Waals surface area (Å²) in [6.07, 6.45) is 2.48. The summed E-state index contributed by atoms with van der Waals surface area (Å²) >= 11 is 1.35. The molecule has 0 bridgehead atoms. The molecule has 0 saturated heterocycles. The molecule has 0 fully saturated rings. The van der Waals surface area contributed by atoms with Gasteiger partial charge in [0.1, 0.15) is 5.60 Å². The lowest BCUT2D eigenvalue weighted by Crippen LogP contribution is -2.26. The molecular weight excluding hydrogens is 278 g/mol. The summed E-state index contributed by atoms with van der Waals surface area (Å²) in [5.41, 5.74) is 0.280. The maximum absolute atomic E-state index is 11.6. The Labute approximate surface area is 122 Å². The molecular formula is C14H19NO4S. The van der Waals surface area contributed by atoms with Gasteiger partial charge >= 0.3 is 12.1 Å². The summed E-state index contributed by atoms with van der Waals surface area (Å²) in [7, 11) is 0. The fourth-order valence-electron chi connectivity index (χ4n) is 1.26. The van der Waals surface area contributed by atoms with Gasteiger partial charge in [0.2, 0.25) is 0 Å². The zero-order valence-corrected chi connectivity index (χ0v) is 12.9. The van der Waals surface area contributed by atoms with Gasteiger partial charge in [-0.25, -0.2) is 9.59 Å². The Morgan fingerprint density at radius 1 is 1.40 bits per heavy atom. The molecule has 0 radical (unpaired) electrons. The Balaban J connectivity index is 2.55. The minimum absolute atomic E-state index is 0.345. The van der Waals surface area contributed by atoms with Crippen LogP contribution in [0.25, 0.3) is 6.08 Å². The van der Waals surface area contributed by atoms with Crippen LogP contribution in [-0.4, -0.2) is 24.3 Å². The van der Waals surface area contributed by atoms with Gasteiger partial charge in [0.05, 0.1) is 11.6 Å². The molecule has 1 aromatic heterocycles. The lowest BCUT2D eigenvalue weighted by molar-refractivity contribution is -0.137. The Kier molecular flexibility index (Phi) is 5.76. The van der Waals surface area contributed by atoms with Gasteiger partial charge in [-0.2, -0.15) is 0 Å². The molecule has 0 aliphatic carbocycles. The first-order valence-corrected chi connectivity index (χ1v) is 7.11. The topological polar surface area (TPSA) is 64.6 Å². The van der Waals surface area contributed by atoms with Crippen molar-refractivity contribution in [2.45, 2.75) is 33.3 Å². The number of nitrogens with one attached hydrogen (secondary N) is 1. The number of rotatable bonds is 4. The van der Waals surface area contributed by atoms with Gasteiger partial charge < -0.3 is 9.47 Å². The first-order valence-electron chi connectivity index (χ1n) is 6.23. The van der Waals surface area contributed by atoms with Crippen molar-refractivity contribution >= 4 is 34.5 Å². The molecule has 6 heteroatoms. The molecule has 1 rings (SSSR count). The van der Waals surface area contributed by atoms with Crippen molar-refractivity contribution in [3.8, 4) is 0 Å². The Morgan fingerprint density at radius 3 is 2.70 bits per heavy atom. The van der Waals surface area contributed by atoms with Crippen LogP contribution in [-0.2, 0) is 14.3 Å². The number of anilines is 1. The molecule has 5 nitrogen and oxygen atoms in total. The van der Waals surface area contributed by atoms with E-state index in [1.807, 2.05) is 5.38 Å². The van der Waals surface area contributed by atoms with E-state index in [1.54, 1.807) is 39.8 Å². The summed E-state index contributed by atoms with van der Waals surface area (Å²) in [6.45, 7) is 7.50. The maximum Gasteiger partial charge on any atom is 0.412 e. The quantitative estimate of drug-likeness (QED) is 0.680. The fraction of sp³-hybridized carbons (Fsp3) is 0.429. The zero-order chi connectivity index (χ0) is 15.2. The number of amides is 1. The third kappa shape index (κ3) is 6.38. The molecule has 110 valence electrons. The average Bonchev–Trinajstić information content (AvgIpc) is 2.71. The SMILES string of the molecule is CCOC(=O)C=Cc1csc(NC(=O)OC(C)(C)C)c1. The molecule has 1 amide bonds. The predicted molar refractivity (Wildman–Crippen MR) is 79.8 cm³/mol. The van der Waals surface area contributed by atoms with Crippen molar-refractivity contribution in [3.63, 3.8) is 0 Å². The number of ether oxygens (including phenoxy) is 2. The molecule has 1 aromatic rings. The average molecular weight is 297 g/mol. The van der Waals surface area contributed by atoms with E-state index in [1.165, 1.54) is 17.4 Å². The van der Waals surface area contributed by atoms with E-state index in [9.17, 15) is 9.59 Å². The first kappa shape index (κ1) is 16.2. The number of esters is 1. The van der Waals surface area contributed by atoms with Crippen molar-refractivity contribution < 1.29 is 19.1 Å². The highest BCUT2D eigenvalue weighted by atomic mass is 32.1.